The number of rotatable bonds is 4. The van der Waals surface area contributed by atoms with Crippen molar-refractivity contribution < 1.29 is 4.79 Å². The number of aromatic nitrogens is 1. The minimum Gasteiger partial charge on any atom is -0.320 e. The predicted molar refractivity (Wildman–Crippen MR) is 106 cm³/mol. The van der Waals surface area contributed by atoms with Gasteiger partial charge < -0.3 is 5.32 Å². The van der Waals surface area contributed by atoms with Crippen molar-refractivity contribution in [3.8, 4) is 17.3 Å². The van der Waals surface area contributed by atoms with Crippen LogP contribution in [0.25, 0.3) is 17.3 Å². The first-order chi connectivity index (χ1) is 12.6. The van der Waals surface area contributed by atoms with E-state index >= 15 is 0 Å². The molecule has 128 valence electrons. The summed E-state index contributed by atoms with van der Waals surface area (Å²) in [5.41, 5.74) is 2.03. The monoisotopic (exact) mass is 399 g/mol. The Balaban J connectivity index is 1.82. The Hall–Kier alpha value is -2.65. The molecule has 4 nitrogen and oxygen atoms in total. The van der Waals surface area contributed by atoms with Gasteiger partial charge in [0.2, 0.25) is 0 Å². The summed E-state index contributed by atoms with van der Waals surface area (Å²) in [7, 11) is 0. The van der Waals surface area contributed by atoms with Gasteiger partial charge in [0.05, 0.1) is 16.4 Å². The van der Waals surface area contributed by atoms with E-state index in [0.717, 1.165) is 11.3 Å². The Morgan fingerprint density at radius 2 is 1.96 bits per heavy atom. The van der Waals surface area contributed by atoms with Crippen LogP contribution in [0, 0.1) is 11.3 Å². The molecule has 0 radical (unpaired) electrons. The molecule has 0 bridgehead atoms. The molecule has 0 spiro atoms. The van der Waals surface area contributed by atoms with E-state index in [9.17, 15) is 10.1 Å². The van der Waals surface area contributed by atoms with Gasteiger partial charge in [0.25, 0.3) is 5.91 Å². The second kappa shape index (κ2) is 8.15. The molecule has 1 amide bonds. The van der Waals surface area contributed by atoms with Crippen LogP contribution < -0.4 is 5.32 Å². The fourth-order valence-corrected chi connectivity index (χ4v) is 3.25. The number of benzene rings is 2. The summed E-state index contributed by atoms with van der Waals surface area (Å²) in [6.45, 7) is 0. The van der Waals surface area contributed by atoms with Gasteiger partial charge in [-0.25, -0.2) is 4.98 Å². The third-order valence-corrected chi connectivity index (χ3v) is 4.76. The molecule has 7 heteroatoms. The molecule has 0 aliphatic rings. The molecule has 0 saturated carbocycles. The minimum atomic E-state index is -0.576. The van der Waals surface area contributed by atoms with Gasteiger partial charge in [-0.05, 0) is 24.3 Å². The van der Waals surface area contributed by atoms with Crippen LogP contribution in [-0.2, 0) is 4.79 Å². The van der Waals surface area contributed by atoms with Crippen molar-refractivity contribution >= 4 is 52.2 Å². The number of anilines is 1. The summed E-state index contributed by atoms with van der Waals surface area (Å²) < 4.78 is 0. The quantitative estimate of drug-likeness (QED) is 0.454. The zero-order valence-electron chi connectivity index (χ0n) is 13.2. The number of halogens is 2. The summed E-state index contributed by atoms with van der Waals surface area (Å²) in [4.78, 5) is 16.8. The highest BCUT2D eigenvalue weighted by Crippen LogP contribution is 2.26. The largest absolute Gasteiger partial charge is 0.320 e. The number of thiazole rings is 1. The van der Waals surface area contributed by atoms with Crippen LogP contribution in [0.15, 0.2) is 59.5 Å². The molecule has 3 aromatic rings. The maximum atomic E-state index is 12.4. The van der Waals surface area contributed by atoms with Crippen molar-refractivity contribution in [3.63, 3.8) is 0 Å². The lowest BCUT2D eigenvalue weighted by atomic mass is 10.2. The molecule has 0 aliphatic carbocycles. The number of carbonyl (C=O) groups excluding carboxylic acids is 1. The van der Waals surface area contributed by atoms with Crippen LogP contribution in [0.5, 0.6) is 0 Å². The zero-order chi connectivity index (χ0) is 18.5. The summed E-state index contributed by atoms with van der Waals surface area (Å²) in [6.07, 6.45) is 1.45. The third kappa shape index (κ3) is 4.30. The second-order valence-corrected chi connectivity index (χ2v) is 6.92. The normalized spacial score (nSPS) is 11.0. The number of amides is 1. The number of nitriles is 1. The smallest absolute Gasteiger partial charge is 0.266 e. The Kier molecular flexibility index (Phi) is 5.69. The number of hydrogen-bond acceptors (Lipinski definition) is 4. The van der Waals surface area contributed by atoms with Crippen molar-refractivity contribution in [2.24, 2.45) is 0 Å². The molecular formula is C19H11Cl2N3OS. The van der Waals surface area contributed by atoms with Crippen LogP contribution >= 0.6 is 34.5 Å². The van der Waals surface area contributed by atoms with E-state index < -0.39 is 5.91 Å². The van der Waals surface area contributed by atoms with E-state index in [-0.39, 0.29) is 5.57 Å². The van der Waals surface area contributed by atoms with Gasteiger partial charge >= 0.3 is 0 Å². The van der Waals surface area contributed by atoms with Gasteiger partial charge in [-0.2, -0.15) is 5.26 Å². The summed E-state index contributed by atoms with van der Waals surface area (Å²) in [6, 6.07) is 16.3. The molecule has 1 N–H and O–H groups in total. The first-order valence-electron chi connectivity index (χ1n) is 7.46. The molecule has 0 atom stereocenters. The van der Waals surface area contributed by atoms with E-state index in [0.29, 0.717) is 20.7 Å². The first-order valence-corrected chi connectivity index (χ1v) is 9.09. The summed E-state index contributed by atoms with van der Waals surface area (Å²) in [5.74, 6) is -0.576. The number of nitrogens with zero attached hydrogens (tertiary/aromatic N) is 2. The molecular weight excluding hydrogens is 389 g/mol. The number of nitrogens with one attached hydrogen (secondary N) is 1. The maximum absolute atomic E-state index is 12.4. The third-order valence-electron chi connectivity index (χ3n) is 3.40. The topological polar surface area (TPSA) is 65.8 Å². The summed E-state index contributed by atoms with van der Waals surface area (Å²) >= 11 is 13.3. The van der Waals surface area contributed by atoms with E-state index in [1.54, 1.807) is 12.1 Å². The lowest BCUT2D eigenvalue weighted by Crippen LogP contribution is -2.13. The molecule has 1 heterocycles. The van der Waals surface area contributed by atoms with Crippen molar-refractivity contribution in [2.75, 3.05) is 5.32 Å². The molecule has 1 aromatic heterocycles. The second-order valence-electron chi connectivity index (χ2n) is 5.19. The SMILES string of the molecule is N#C/C(=C/c1nc(-c2ccccc2)cs1)C(=O)Nc1cc(Cl)ccc1Cl. The standard InChI is InChI=1S/C19H11Cl2N3OS/c20-14-6-7-15(21)16(9-14)24-19(25)13(10-22)8-18-23-17(11-26-18)12-4-2-1-3-5-12/h1-9,11H,(H,24,25)/b13-8-. The lowest BCUT2D eigenvalue weighted by molar-refractivity contribution is -0.112. The van der Waals surface area contributed by atoms with E-state index in [1.807, 2.05) is 41.8 Å². The van der Waals surface area contributed by atoms with Gasteiger partial charge in [0, 0.05) is 16.0 Å². The van der Waals surface area contributed by atoms with Crippen LogP contribution in [-0.4, -0.2) is 10.9 Å². The van der Waals surface area contributed by atoms with Crippen LogP contribution in [0.4, 0.5) is 5.69 Å². The van der Waals surface area contributed by atoms with Crippen molar-refractivity contribution in [3.05, 3.63) is 74.5 Å². The highest BCUT2D eigenvalue weighted by molar-refractivity contribution is 7.10. The molecule has 0 aliphatic heterocycles. The average molecular weight is 400 g/mol. The Bertz CT molecular complexity index is 1020. The van der Waals surface area contributed by atoms with Crippen LogP contribution in [0.2, 0.25) is 10.0 Å². The van der Waals surface area contributed by atoms with Gasteiger partial charge in [-0.3, -0.25) is 4.79 Å². The molecule has 2 aromatic carbocycles. The average Bonchev–Trinajstić information content (AvgIpc) is 3.12. The Morgan fingerprint density at radius 1 is 1.19 bits per heavy atom. The lowest BCUT2D eigenvalue weighted by Gasteiger charge is -2.06. The van der Waals surface area contributed by atoms with Gasteiger partial charge in [0.1, 0.15) is 16.6 Å². The fourth-order valence-electron chi connectivity index (χ4n) is 2.15. The van der Waals surface area contributed by atoms with Crippen LogP contribution in [0.3, 0.4) is 0 Å². The highest BCUT2D eigenvalue weighted by Gasteiger charge is 2.13. The molecule has 0 saturated heterocycles. The highest BCUT2D eigenvalue weighted by atomic mass is 35.5. The predicted octanol–water partition coefficient (Wildman–Crippen LogP) is 5.66. The number of hydrogen-bond donors (Lipinski definition) is 1. The van der Waals surface area contributed by atoms with Gasteiger partial charge in [-0.1, -0.05) is 53.5 Å². The Labute approximate surface area is 164 Å². The van der Waals surface area contributed by atoms with Gasteiger partial charge in [-0.15, -0.1) is 11.3 Å². The molecule has 0 fully saturated rings. The number of carbonyl (C=O) groups is 1. The summed E-state index contributed by atoms with van der Waals surface area (Å²) in [5, 5.41) is 15.1. The van der Waals surface area contributed by atoms with Crippen molar-refractivity contribution in [1.29, 1.82) is 5.26 Å². The maximum Gasteiger partial charge on any atom is 0.266 e. The van der Waals surface area contributed by atoms with Gasteiger partial charge in [0.15, 0.2) is 0 Å². The minimum absolute atomic E-state index is 0.0741. The van der Waals surface area contributed by atoms with E-state index in [4.69, 9.17) is 23.2 Å². The zero-order valence-corrected chi connectivity index (χ0v) is 15.6. The molecule has 0 unspecified atom stereocenters. The molecule has 26 heavy (non-hydrogen) atoms. The first kappa shape index (κ1) is 18.2. The fraction of sp³-hybridized carbons (Fsp3) is 0. The van der Waals surface area contributed by atoms with E-state index in [1.165, 1.54) is 23.5 Å². The van der Waals surface area contributed by atoms with Crippen molar-refractivity contribution in [1.82, 2.24) is 4.98 Å². The van der Waals surface area contributed by atoms with Crippen molar-refractivity contribution in [2.45, 2.75) is 0 Å². The Morgan fingerprint density at radius 3 is 2.69 bits per heavy atom. The molecule has 3 rings (SSSR count). The van der Waals surface area contributed by atoms with Crippen LogP contribution in [0.1, 0.15) is 5.01 Å². The van der Waals surface area contributed by atoms with E-state index in [2.05, 4.69) is 10.3 Å².